The van der Waals surface area contributed by atoms with Crippen LogP contribution in [0.3, 0.4) is 0 Å². The van der Waals surface area contributed by atoms with Gasteiger partial charge in [0.1, 0.15) is 5.75 Å². The van der Waals surface area contributed by atoms with E-state index in [1.54, 1.807) is 7.11 Å². The van der Waals surface area contributed by atoms with Crippen LogP contribution in [0.5, 0.6) is 5.75 Å². The summed E-state index contributed by atoms with van der Waals surface area (Å²) in [6.07, 6.45) is 0. The molecule has 0 aromatic heterocycles. The third-order valence-electron chi connectivity index (χ3n) is 3.04. The van der Waals surface area contributed by atoms with Crippen molar-refractivity contribution in [2.45, 2.75) is 39.7 Å². The Hall–Kier alpha value is -1.35. The van der Waals surface area contributed by atoms with Crippen LogP contribution in [0.2, 0.25) is 0 Å². The molecule has 0 fully saturated rings. The highest BCUT2D eigenvalue weighted by Gasteiger charge is 2.16. The fraction of sp³-hybridized carbons (Fsp3) is 0.533. The number of benzene rings is 1. The van der Waals surface area contributed by atoms with E-state index in [0.29, 0.717) is 5.92 Å². The van der Waals surface area contributed by atoms with Crippen LogP contribution >= 0.6 is 0 Å². The van der Waals surface area contributed by atoms with E-state index in [9.17, 15) is 4.79 Å². The van der Waals surface area contributed by atoms with Gasteiger partial charge in [-0.15, -0.1) is 0 Å². The second-order valence-electron chi connectivity index (χ2n) is 4.76. The molecule has 0 spiro atoms. The molecule has 1 rings (SSSR count). The number of methoxy groups -OCH3 is 1. The van der Waals surface area contributed by atoms with Crippen LogP contribution < -0.4 is 10.1 Å². The van der Waals surface area contributed by atoms with Crippen molar-refractivity contribution in [1.29, 1.82) is 0 Å². The molecule has 0 saturated heterocycles. The van der Waals surface area contributed by atoms with Gasteiger partial charge in [0.05, 0.1) is 13.2 Å². The van der Waals surface area contributed by atoms with E-state index < -0.39 is 0 Å². The van der Waals surface area contributed by atoms with E-state index in [4.69, 9.17) is 4.74 Å². The van der Waals surface area contributed by atoms with E-state index in [1.165, 1.54) is 0 Å². The van der Waals surface area contributed by atoms with Crippen molar-refractivity contribution in [3.8, 4) is 5.75 Å². The van der Waals surface area contributed by atoms with Crippen molar-refractivity contribution in [2.24, 2.45) is 0 Å². The predicted octanol–water partition coefficient (Wildman–Crippen LogP) is 3.00. The number of likely N-dealkylation sites (N-methyl/N-ethyl adjacent to an activating group) is 1. The minimum atomic E-state index is -0.150. The first-order valence-electron chi connectivity index (χ1n) is 6.46. The summed E-state index contributed by atoms with van der Waals surface area (Å²) in [5.41, 5.74) is 1.82. The summed E-state index contributed by atoms with van der Waals surface area (Å²) in [7, 11) is 1.66. The first-order valence-corrected chi connectivity index (χ1v) is 6.46. The highest BCUT2D eigenvalue weighted by molar-refractivity contribution is 6.00. The summed E-state index contributed by atoms with van der Waals surface area (Å²) in [6, 6.07) is 5.50. The van der Waals surface area contributed by atoms with Crippen molar-refractivity contribution in [1.82, 2.24) is 5.32 Å². The molecule has 100 valence electrons. The van der Waals surface area contributed by atoms with Gasteiger partial charge in [-0.1, -0.05) is 20.8 Å². The predicted molar refractivity (Wildman–Crippen MR) is 74.6 cm³/mol. The molecular weight excluding hydrogens is 226 g/mol. The van der Waals surface area contributed by atoms with E-state index in [-0.39, 0.29) is 11.8 Å². The van der Waals surface area contributed by atoms with E-state index in [1.807, 2.05) is 32.0 Å². The first kappa shape index (κ1) is 14.7. The van der Waals surface area contributed by atoms with Crippen LogP contribution in [-0.4, -0.2) is 25.5 Å². The van der Waals surface area contributed by atoms with Gasteiger partial charge in [-0.2, -0.15) is 0 Å². The monoisotopic (exact) mass is 249 g/mol. The van der Waals surface area contributed by atoms with Crippen molar-refractivity contribution in [3.05, 3.63) is 29.3 Å². The number of ketones is 1. The molecular formula is C15H23NO2. The van der Waals surface area contributed by atoms with Crippen LogP contribution in [0.15, 0.2) is 18.2 Å². The number of carbonyl (C=O) groups is 1. The van der Waals surface area contributed by atoms with Gasteiger partial charge in [-0.3, -0.25) is 4.79 Å². The highest BCUT2D eigenvalue weighted by Crippen LogP contribution is 2.27. The van der Waals surface area contributed by atoms with Crippen molar-refractivity contribution in [2.75, 3.05) is 13.7 Å². The zero-order valence-corrected chi connectivity index (χ0v) is 11.9. The molecule has 3 heteroatoms. The Kier molecular flexibility index (Phi) is 5.35. The van der Waals surface area contributed by atoms with Crippen molar-refractivity contribution < 1.29 is 9.53 Å². The minimum absolute atomic E-state index is 0.126. The van der Waals surface area contributed by atoms with E-state index in [0.717, 1.165) is 23.4 Å². The topological polar surface area (TPSA) is 38.3 Å². The number of Topliss-reactive ketones (excluding diaryl/α,β-unsaturated/α-hetero) is 1. The smallest absolute Gasteiger partial charge is 0.179 e. The lowest BCUT2D eigenvalue weighted by atomic mass is 9.96. The van der Waals surface area contributed by atoms with Gasteiger partial charge in [0.15, 0.2) is 5.78 Å². The molecule has 0 aliphatic heterocycles. The molecule has 0 radical (unpaired) electrons. The quantitative estimate of drug-likeness (QED) is 0.788. The molecule has 0 bridgehead atoms. The molecule has 0 aliphatic rings. The summed E-state index contributed by atoms with van der Waals surface area (Å²) in [4.78, 5) is 12.2. The van der Waals surface area contributed by atoms with E-state index >= 15 is 0 Å². The zero-order chi connectivity index (χ0) is 13.7. The molecule has 1 atom stereocenters. The Labute approximate surface area is 110 Å². The molecule has 1 unspecified atom stereocenters. The fourth-order valence-corrected chi connectivity index (χ4v) is 1.99. The summed E-state index contributed by atoms with van der Waals surface area (Å²) < 4.78 is 5.32. The molecule has 1 N–H and O–H groups in total. The average molecular weight is 249 g/mol. The van der Waals surface area contributed by atoms with Crippen LogP contribution in [0, 0.1) is 0 Å². The van der Waals surface area contributed by atoms with Crippen molar-refractivity contribution in [3.63, 3.8) is 0 Å². The molecule has 3 nitrogen and oxygen atoms in total. The summed E-state index contributed by atoms with van der Waals surface area (Å²) in [5, 5.41) is 3.14. The second-order valence-corrected chi connectivity index (χ2v) is 4.76. The number of ether oxygens (including phenoxy) is 1. The van der Waals surface area contributed by atoms with Gasteiger partial charge in [0.2, 0.25) is 0 Å². The van der Waals surface area contributed by atoms with Gasteiger partial charge in [-0.05, 0) is 43.1 Å². The van der Waals surface area contributed by atoms with E-state index in [2.05, 4.69) is 19.2 Å². The maximum Gasteiger partial charge on any atom is 0.179 e. The highest BCUT2D eigenvalue weighted by atomic mass is 16.5. The van der Waals surface area contributed by atoms with Crippen LogP contribution in [-0.2, 0) is 0 Å². The van der Waals surface area contributed by atoms with Gasteiger partial charge < -0.3 is 10.1 Å². The van der Waals surface area contributed by atoms with Gasteiger partial charge >= 0.3 is 0 Å². The number of hydrogen-bond donors (Lipinski definition) is 1. The minimum Gasteiger partial charge on any atom is -0.496 e. The molecule has 0 amide bonds. The maximum atomic E-state index is 12.2. The Morgan fingerprint density at radius 2 is 2.00 bits per heavy atom. The molecule has 18 heavy (non-hydrogen) atoms. The summed E-state index contributed by atoms with van der Waals surface area (Å²) in [6.45, 7) is 8.88. The number of hydrogen-bond acceptors (Lipinski definition) is 3. The SMILES string of the molecule is CCNC(C)C(=O)c1ccc(OC)c(C(C)C)c1. The average Bonchev–Trinajstić information content (AvgIpc) is 2.37. The Morgan fingerprint density at radius 1 is 1.33 bits per heavy atom. The summed E-state index contributed by atoms with van der Waals surface area (Å²) in [5.74, 6) is 1.31. The van der Waals surface area contributed by atoms with Crippen molar-refractivity contribution >= 4 is 5.78 Å². The molecule has 0 saturated carbocycles. The molecule has 0 aliphatic carbocycles. The van der Waals surface area contributed by atoms with Crippen LogP contribution in [0.1, 0.15) is 49.5 Å². The summed E-state index contributed by atoms with van der Waals surface area (Å²) >= 11 is 0. The standard InChI is InChI=1S/C15H23NO2/c1-6-16-11(4)15(17)12-7-8-14(18-5)13(9-12)10(2)3/h7-11,16H,6H2,1-5H3. The molecule has 1 aromatic rings. The number of carbonyl (C=O) groups excluding carboxylic acids is 1. The second kappa shape index (κ2) is 6.55. The third-order valence-corrected chi connectivity index (χ3v) is 3.04. The third kappa shape index (κ3) is 3.33. The maximum absolute atomic E-state index is 12.2. The van der Waals surface area contributed by atoms with Gasteiger partial charge in [-0.25, -0.2) is 0 Å². The Bertz CT molecular complexity index is 413. The largest absolute Gasteiger partial charge is 0.496 e. The van der Waals surface area contributed by atoms with Gasteiger partial charge in [0, 0.05) is 5.56 Å². The Morgan fingerprint density at radius 3 is 2.50 bits per heavy atom. The molecule has 1 aromatic carbocycles. The lowest BCUT2D eigenvalue weighted by molar-refractivity contribution is 0.0952. The number of rotatable bonds is 6. The Balaban J connectivity index is 3.04. The van der Waals surface area contributed by atoms with Crippen LogP contribution in [0.25, 0.3) is 0 Å². The van der Waals surface area contributed by atoms with Crippen LogP contribution in [0.4, 0.5) is 0 Å². The lowest BCUT2D eigenvalue weighted by Gasteiger charge is -2.15. The first-order chi connectivity index (χ1) is 8.51. The van der Waals surface area contributed by atoms with Gasteiger partial charge in [0.25, 0.3) is 0 Å². The normalized spacial score (nSPS) is 12.6. The zero-order valence-electron chi connectivity index (χ0n) is 11.9. The lowest BCUT2D eigenvalue weighted by Crippen LogP contribution is -2.33. The molecule has 0 heterocycles. The fourth-order valence-electron chi connectivity index (χ4n) is 1.99. The number of nitrogens with one attached hydrogen (secondary N) is 1.